The highest BCUT2D eigenvalue weighted by molar-refractivity contribution is 7.89. The van der Waals surface area contributed by atoms with E-state index in [4.69, 9.17) is 15.3 Å². The minimum absolute atomic E-state index is 0.117. The first-order chi connectivity index (χ1) is 16.3. The van der Waals surface area contributed by atoms with Crippen LogP contribution in [-0.2, 0) is 24.4 Å². The molecule has 0 saturated heterocycles. The van der Waals surface area contributed by atoms with E-state index < -0.39 is 53.5 Å². The third-order valence-corrected chi connectivity index (χ3v) is 6.57. The number of hydrogen-bond acceptors (Lipinski definition) is 6. The van der Waals surface area contributed by atoms with Crippen molar-refractivity contribution in [2.24, 2.45) is 0 Å². The van der Waals surface area contributed by atoms with Gasteiger partial charge in [0.2, 0.25) is 10.0 Å². The summed E-state index contributed by atoms with van der Waals surface area (Å²) in [6.45, 7) is 3.49. The van der Waals surface area contributed by atoms with E-state index >= 15 is 0 Å². The van der Waals surface area contributed by atoms with Crippen molar-refractivity contribution in [3.8, 4) is 0 Å². The smallest absolute Gasteiger partial charge is 0.323 e. The molecule has 0 radical (unpaired) electrons. The summed E-state index contributed by atoms with van der Waals surface area (Å²) in [5, 5.41) is 26.0. The molecule has 12 heteroatoms. The van der Waals surface area contributed by atoms with E-state index in [0.717, 1.165) is 14.8 Å². The van der Waals surface area contributed by atoms with Gasteiger partial charge in [0.25, 0.3) is 5.91 Å². The lowest BCUT2D eigenvalue weighted by molar-refractivity contribution is -0.141. The van der Waals surface area contributed by atoms with Crippen LogP contribution in [-0.4, -0.2) is 82.9 Å². The Balaban J connectivity index is 0.000000351. The van der Waals surface area contributed by atoms with Gasteiger partial charge in [-0.25, -0.2) is 8.42 Å². The SMILES string of the molecule is CCN(CC(=O)O)S(=O)(=O)c1ccc(C)cc1.Cc1ccccc1C(=O)N(CC(=O)O)CC(=O)O. The van der Waals surface area contributed by atoms with Gasteiger partial charge in [-0.05, 0) is 37.6 Å². The zero-order valence-corrected chi connectivity index (χ0v) is 20.4. The first kappa shape index (κ1) is 29.3. The van der Waals surface area contributed by atoms with E-state index in [2.05, 4.69) is 0 Å². The number of benzene rings is 2. The number of hydrogen-bond donors (Lipinski definition) is 3. The fraction of sp³-hybridized carbons (Fsp3) is 0.304. The summed E-state index contributed by atoms with van der Waals surface area (Å²) in [4.78, 5) is 44.8. The summed E-state index contributed by atoms with van der Waals surface area (Å²) in [5.41, 5.74) is 1.92. The summed E-state index contributed by atoms with van der Waals surface area (Å²) in [7, 11) is -3.71. The average molecular weight is 509 g/mol. The number of amides is 1. The molecule has 0 fully saturated rings. The number of likely N-dealkylation sites (N-methyl/N-ethyl adjacent to an activating group) is 1. The van der Waals surface area contributed by atoms with Crippen LogP contribution >= 0.6 is 0 Å². The first-order valence-corrected chi connectivity index (χ1v) is 11.8. The number of carbonyl (C=O) groups excluding carboxylic acids is 1. The Bertz CT molecular complexity index is 1150. The number of carboxylic acids is 3. The molecule has 11 nitrogen and oxygen atoms in total. The fourth-order valence-electron chi connectivity index (χ4n) is 2.89. The van der Waals surface area contributed by atoms with Crippen LogP contribution in [0.3, 0.4) is 0 Å². The molecule has 0 heterocycles. The Hall–Kier alpha value is -3.77. The normalized spacial score (nSPS) is 10.7. The van der Waals surface area contributed by atoms with Crippen LogP contribution in [0.5, 0.6) is 0 Å². The molecular formula is C23H28N2O9S. The van der Waals surface area contributed by atoms with Gasteiger partial charge in [0.1, 0.15) is 19.6 Å². The van der Waals surface area contributed by atoms with Gasteiger partial charge in [-0.3, -0.25) is 19.2 Å². The minimum atomic E-state index is -3.71. The third-order valence-electron chi connectivity index (χ3n) is 4.64. The van der Waals surface area contributed by atoms with Gasteiger partial charge in [-0.2, -0.15) is 4.31 Å². The fourth-order valence-corrected chi connectivity index (χ4v) is 4.28. The summed E-state index contributed by atoms with van der Waals surface area (Å²) in [5.74, 6) is -4.27. The molecule has 0 spiro atoms. The van der Waals surface area contributed by atoms with Gasteiger partial charge in [-0.15, -0.1) is 0 Å². The van der Waals surface area contributed by atoms with E-state index in [0.29, 0.717) is 11.1 Å². The zero-order valence-electron chi connectivity index (χ0n) is 19.5. The van der Waals surface area contributed by atoms with Crippen molar-refractivity contribution in [1.82, 2.24) is 9.21 Å². The Labute approximate surface area is 203 Å². The predicted molar refractivity (Wildman–Crippen MR) is 126 cm³/mol. The van der Waals surface area contributed by atoms with E-state index in [1.54, 1.807) is 44.2 Å². The summed E-state index contributed by atoms with van der Waals surface area (Å²) < 4.78 is 25.1. The number of aliphatic carboxylic acids is 3. The number of aryl methyl sites for hydroxylation is 2. The number of sulfonamides is 1. The highest BCUT2D eigenvalue weighted by atomic mass is 32.2. The van der Waals surface area contributed by atoms with Gasteiger partial charge in [0.15, 0.2) is 0 Å². The summed E-state index contributed by atoms with van der Waals surface area (Å²) in [6.07, 6.45) is 0. The Morgan fingerprint density at radius 3 is 1.69 bits per heavy atom. The molecule has 2 aromatic rings. The lowest BCUT2D eigenvalue weighted by Crippen LogP contribution is -2.39. The second-order valence-corrected chi connectivity index (χ2v) is 9.34. The maximum Gasteiger partial charge on any atom is 0.323 e. The Morgan fingerprint density at radius 2 is 1.26 bits per heavy atom. The Morgan fingerprint density at radius 1 is 0.771 bits per heavy atom. The molecule has 0 unspecified atom stereocenters. The van der Waals surface area contributed by atoms with E-state index in [-0.39, 0.29) is 11.4 Å². The molecule has 0 aromatic heterocycles. The molecule has 2 aromatic carbocycles. The average Bonchev–Trinajstić information content (AvgIpc) is 2.76. The molecule has 0 aliphatic rings. The number of carbonyl (C=O) groups is 4. The second-order valence-electron chi connectivity index (χ2n) is 7.40. The van der Waals surface area contributed by atoms with E-state index in [9.17, 15) is 27.6 Å². The van der Waals surface area contributed by atoms with Crippen LogP contribution in [0.2, 0.25) is 0 Å². The lowest BCUT2D eigenvalue weighted by Gasteiger charge is -2.19. The molecule has 3 N–H and O–H groups in total. The maximum atomic E-state index is 12.1. The van der Waals surface area contributed by atoms with Crippen LogP contribution < -0.4 is 0 Å². The highest BCUT2D eigenvalue weighted by Gasteiger charge is 2.25. The van der Waals surface area contributed by atoms with Crippen LogP contribution in [0.1, 0.15) is 28.4 Å². The van der Waals surface area contributed by atoms with E-state index in [1.807, 2.05) is 6.92 Å². The molecule has 190 valence electrons. The van der Waals surface area contributed by atoms with Crippen molar-refractivity contribution in [1.29, 1.82) is 0 Å². The van der Waals surface area contributed by atoms with Crippen molar-refractivity contribution in [2.75, 3.05) is 26.2 Å². The van der Waals surface area contributed by atoms with E-state index in [1.165, 1.54) is 18.2 Å². The first-order valence-electron chi connectivity index (χ1n) is 10.4. The molecule has 0 bridgehead atoms. The van der Waals surface area contributed by atoms with Crippen LogP contribution in [0, 0.1) is 13.8 Å². The largest absolute Gasteiger partial charge is 0.480 e. The Kier molecular flexibility index (Phi) is 11.0. The molecule has 0 atom stereocenters. The lowest BCUT2D eigenvalue weighted by atomic mass is 10.1. The minimum Gasteiger partial charge on any atom is -0.480 e. The molecule has 35 heavy (non-hydrogen) atoms. The standard InChI is InChI=1S/C12H13NO5.C11H15NO4S/c1-8-4-2-3-5-9(8)12(18)13(6-10(14)15)7-11(16)17;1-3-12(8-11(13)14)17(15,16)10-6-4-9(2)5-7-10/h2-5H,6-7H2,1H3,(H,14,15)(H,16,17);4-7H,3,8H2,1-2H3,(H,13,14). The topological polar surface area (TPSA) is 170 Å². The zero-order chi connectivity index (χ0) is 26.8. The van der Waals surface area contributed by atoms with Crippen molar-refractivity contribution >= 4 is 33.8 Å². The van der Waals surface area contributed by atoms with Gasteiger partial charge < -0.3 is 20.2 Å². The third kappa shape index (κ3) is 9.18. The van der Waals surface area contributed by atoms with Crippen LogP contribution in [0.15, 0.2) is 53.4 Å². The molecule has 1 amide bonds. The predicted octanol–water partition coefficient (Wildman–Crippen LogP) is 1.70. The summed E-state index contributed by atoms with van der Waals surface area (Å²) in [6, 6.07) is 12.9. The summed E-state index contributed by atoms with van der Waals surface area (Å²) >= 11 is 0. The van der Waals surface area contributed by atoms with Gasteiger partial charge in [0, 0.05) is 12.1 Å². The van der Waals surface area contributed by atoms with Crippen molar-refractivity contribution in [3.63, 3.8) is 0 Å². The monoisotopic (exact) mass is 508 g/mol. The molecule has 2 rings (SSSR count). The number of carboxylic acid groups (broad SMARTS) is 3. The maximum absolute atomic E-state index is 12.1. The molecule has 0 aliphatic heterocycles. The van der Waals surface area contributed by atoms with Gasteiger partial charge in [-0.1, -0.05) is 42.8 Å². The van der Waals surface area contributed by atoms with Crippen molar-refractivity contribution in [2.45, 2.75) is 25.7 Å². The number of nitrogens with zero attached hydrogens (tertiary/aromatic N) is 2. The van der Waals surface area contributed by atoms with Crippen LogP contribution in [0.4, 0.5) is 0 Å². The second kappa shape index (κ2) is 13.2. The highest BCUT2D eigenvalue weighted by Crippen LogP contribution is 2.16. The molecule has 0 aliphatic carbocycles. The van der Waals surface area contributed by atoms with Crippen molar-refractivity contribution in [3.05, 3.63) is 65.2 Å². The van der Waals surface area contributed by atoms with Gasteiger partial charge in [0.05, 0.1) is 4.90 Å². The quantitative estimate of drug-likeness (QED) is 0.432. The van der Waals surface area contributed by atoms with Crippen LogP contribution in [0.25, 0.3) is 0 Å². The molecular weight excluding hydrogens is 480 g/mol. The van der Waals surface area contributed by atoms with Crippen molar-refractivity contribution < 1.29 is 42.9 Å². The van der Waals surface area contributed by atoms with Gasteiger partial charge >= 0.3 is 17.9 Å². The molecule has 0 saturated carbocycles. The number of rotatable bonds is 10.